The summed E-state index contributed by atoms with van der Waals surface area (Å²) in [5, 5.41) is 5.76. The Labute approximate surface area is 159 Å². The van der Waals surface area contributed by atoms with E-state index < -0.39 is 0 Å². The molecule has 27 heavy (non-hydrogen) atoms. The normalized spacial score (nSPS) is 13.1. The number of aryl methyl sites for hydroxylation is 1. The zero-order valence-electron chi connectivity index (χ0n) is 15.9. The van der Waals surface area contributed by atoms with E-state index in [-0.39, 0.29) is 11.8 Å². The molecule has 0 spiro atoms. The van der Waals surface area contributed by atoms with Gasteiger partial charge in [-0.3, -0.25) is 9.59 Å². The summed E-state index contributed by atoms with van der Waals surface area (Å²) in [6.45, 7) is 3.78. The number of ether oxygens (including phenoxy) is 1. The average Bonchev–Trinajstić information content (AvgIpc) is 3.05. The largest absolute Gasteiger partial charge is 0.385 e. The van der Waals surface area contributed by atoms with Gasteiger partial charge in [0.2, 0.25) is 0 Å². The van der Waals surface area contributed by atoms with Crippen molar-refractivity contribution in [1.82, 2.24) is 14.9 Å². The zero-order valence-corrected chi connectivity index (χ0v) is 15.9. The molecule has 1 aliphatic heterocycles. The predicted molar refractivity (Wildman–Crippen MR) is 103 cm³/mol. The van der Waals surface area contributed by atoms with Gasteiger partial charge in [-0.15, -0.1) is 0 Å². The lowest BCUT2D eigenvalue weighted by atomic mass is 10.1. The summed E-state index contributed by atoms with van der Waals surface area (Å²) in [4.78, 5) is 29.8. The number of hydrogen-bond acceptors (Lipinski definition) is 4. The first kappa shape index (κ1) is 19.1. The minimum atomic E-state index is -0.273. The molecule has 0 radical (unpaired) electrons. The van der Waals surface area contributed by atoms with Gasteiger partial charge in [-0.1, -0.05) is 12.1 Å². The molecule has 0 atom stereocenters. The number of hydrogen-bond donors (Lipinski definition) is 2. The molecule has 1 aromatic carbocycles. The maximum absolute atomic E-state index is 12.8. The van der Waals surface area contributed by atoms with Crippen LogP contribution in [0.2, 0.25) is 0 Å². The molecule has 0 saturated carbocycles. The molecule has 2 amide bonds. The van der Waals surface area contributed by atoms with Gasteiger partial charge in [-0.05, 0) is 50.3 Å². The first-order valence-corrected chi connectivity index (χ1v) is 9.34. The number of methoxy groups -OCH3 is 1. The Balaban J connectivity index is 1.80. The van der Waals surface area contributed by atoms with Crippen LogP contribution >= 0.6 is 0 Å². The molecule has 2 heterocycles. The first-order chi connectivity index (χ1) is 13.1. The van der Waals surface area contributed by atoms with E-state index in [9.17, 15) is 9.59 Å². The predicted octanol–water partition coefficient (Wildman–Crippen LogP) is 2.55. The maximum Gasteiger partial charge on any atom is 0.287 e. The van der Waals surface area contributed by atoms with Gasteiger partial charge in [0.25, 0.3) is 11.8 Å². The minimum Gasteiger partial charge on any atom is -0.385 e. The second-order valence-electron chi connectivity index (χ2n) is 6.77. The third-order valence-corrected chi connectivity index (χ3v) is 4.62. The van der Waals surface area contributed by atoms with Crippen molar-refractivity contribution >= 4 is 17.5 Å². The van der Waals surface area contributed by atoms with Crippen LogP contribution in [0.25, 0.3) is 0 Å². The first-order valence-electron chi connectivity index (χ1n) is 9.34. The van der Waals surface area contributed by atoms with Crippen molar-refractivity contribution in [3.63, 3.8) is 0 Å². The third-order valence-electron chi connectivity index (χ3n) is 4.62. The number of aromatic nitrogens is 2. The van der Waals surface area contributed by atoms with E-state index in [1.807, 2.05) is 35.8 Å². The average molecular weight is 370 g/mol. The lowest BCUT2D eigenvalue weighted by molar-refractivity contribution is 0.0932. The molecular weight excluding hydrogens is 344 g/mol. The SMILES string of the molecule is COCCCNC(=O)c1nc(C(=O)Nc2cccc(C)c2)c2n1CCCC2. The lowest BCUT2D eigenvalue weighted by Crippen LogP contribution is -2.29. The number of benzene rings is 1. The second-order valence-corrected chi connectivity index (χ2v) is 6.77. The van der Waals surface area contributed by atoms with Crippen LogP contribution < -0.4 is 10.6 Å². The van der Waals surface area contributed by atoms with E-state index in [2.05, 4.69) is 15.6 Å². The molecule has 0 saturated heterocycles. The molecule has 1 aliphatic rings. The van der Waals surface area contributed by atoms with Gasteiger partial charge in [0.1, 0.15) is 0 Å². The van der Waals surface area contributed by atoms with E-state index in [0.29, 0.717) is 31.2 Å². The van der Waals surface area contributed by atoms with Crippen molar-refractivity contribution in [3.8, 4) is 0 Å². The Bertz CT molecular complexity index is 829. The van der Waals surface area contributed by atoms with E-state index in [1.165, 1.54) is 0 Å². The van der Waals surface area contributed by atoms with E-state index in [0.717, 1.165) is 42.6 Å². The maximum atomic E-state index is 12.8. The number of imidazole rings is 1. The second kappa shape index (κ2) is 8.81. The molecule has 0 bridgehead atoms. The monoisotopic (exact) mass is 370 g/mol. The number of fused-ring (bicyclic) bond motifs is 1. The quantitative estimate of drug-likeness (QED) is 0.734. The van der Waals surface area contributed by atoms with Crippen molar-refractivity contribution in [3.05, 3.63) is 47.0 Å². The van der Waals surface area contributed by atoms with Crippen LogP contribution in [0.4, 0.5) is 5.69 Å². The van der Waals surface area contributed by atoms with Gasteiger partial charge in [-0.25, -0.2) is 4.98 Å². The number of anilines is 1. The van der Waals surface area contributed by atoms with E-state index in [4.69, 9.17) is 4.74 Å². The Morgan fingerprint density at radius 3 is 2.89 bits per heavy atom. The molecule has 0 aliphatic carbocycles. The summed E-state index contributed by atoms with van der Waals surface area (Å²) in [5.41, 5.74) is 2.98. The van der Waals surface area contributed by atoms with Crippen molar-refractivity contribution in [2.24, 2.45) is 0 Å². The number of carbonyl (C=O) groups excluding carboxylic acids is 2. The van der Waals surface area contributed by atoms with Crippen molar-refractivity contribution in [2.75, 3.05) is 25.6 Å². The molecule has 7 heteroatoms. The van der Waals surface area contributed by atoms with Gasteiger partial charge in [0, 0.05) is 32.5 Å². The van der Waals surface area contributed by atoms with Crippen LogP contribution in [0.5, 0.6) is 0 Å². The van der Waals surface area contributed by atoms with Crippen LogP contribution in [0.1, 0.15) is 51.6 Å². The lowest BCUT2D eigenvalue weighted by Gasteiger charge is -2.17. The molecule has 144 valence electrons. The zero-order chi connectivity index (χ0) is 19.2. The van der Waals surface area contributed by atoms with Gasteiger partial charge >= 0.3 is 0 Å². The third kappa shape index (κ3) is 4.54. The fourth-order valence-corrected chi connectivity index (χ4v) is 3.31. The van der Waals surface area contributed by atoms with Gasteiger partial charge in [0.15, 0.2) is 11.5 Å². The number of rotatable bonds is 7. The van der Waals surface area contributed by atoms with Crippen LogP contribution in [0.3, 0.4) is 0 Å². The van der Waals surface area contributed by atoms with E-state index >= 15 is 0 Å². The molecule has 2 N–H and O–H groups in total. The van der Waals surface area contributed by atoms with Crippen molar-refractivity contribution < 1.29 is 14.3 Å². The van der Waals surface area contributed by atoms with Crippen LogP contribution in [-0.2, 0) is 17.7 Å². The fraction of sp³-hybridized carbons (Fsp3) is 0.450. The van der Waals surface area contributed by atoms with Crippen molar-refractivity contribution in [2.45, 2.75) is 39.2 Å². The van der Waals surface area contributed by atoms with Gasteiger partial charge in [0.05, 0.1) is 5.69 Å². The highest BCUT2D eigenvalue weighted by molar-refractivity contribution is 6.05. The smallest absolute Gasteiger partial charge is 0.287 e. The summed E-state index contributed by atoms with van der Waals surface area (Å²) < 4.78 is 6.88. The highest BCUT2D eigenvalue weighted by Gasteiger charge is 2.27. The molecule has 0 fully saturated rings. The summed E-state index contributed by atoms with van der Waals surface area (Å²) in [6.07, 6.45) is 3.45. The Morgan fingerprint density at radius 2 is 2.11 bits per heavy atom. The number of carbonyl (C=O) groups is 2. The van der Waals surface area contributed by atoms with Gasteiger partial charge < -0.3 is 19.9 Å². The Morgan fingerprint density at radius 1 is 1.26 bits per heavy atom. The van der Waals surface area contributed by atoms with Gasteiger partial charge in [-0.2, -0.15) is 0 Å². The summed E-state index contributed by atoms with van der Waals surface area (Å²) in [7, 11) is 1.63. The fourth-order valence-electron chi connectivity index (χ4n) is 3.31. The molecule has 1 aromatic heterocycles. The molecular formula is C20H26N4O3. The highest BCUT2D eigenvalue weighted by atomic mass is 16.5. The topological polar surface area (TPSA) is 85.2 Å². The molecule has 3 rings (SSSR count). The van der Waals surface area contributed by atoms with Crippen LogP contribution in [0.15, 0.2) is 24.3 Å². The minimum absolute atomic E-state index is 0.246. The van der Waals surface area contributed by atoms with Crippen molar-refractivity contribution in [1.29, 1.82) is 0 Å². The van der Waals surface area contributed by atoms with Crippen LogP contribution in [-0.4, -0.2) is 41.6 Å². The highest BCUT2D eigenvalue weighted by Crippen LogP contribution is 2.22. The molecule has 2 aromatic rings. The standard InChI is InChI=1S/C20H26N4O3/c1-14-7-5-8-15(13-14)22-19(25)17-16-9-3-4-11-24(16)18(23-17)20(26)21-10-6-12-27-2/h5,7-8,13H,3-4,6,9-12H2,1-2H3,(H,21,26)(H,22,25). The Kier molecular flexibility index (Phi) is 6.24. The summed E-state index contributed by atoms with van der Waals surface area (Å²) in [6, 6.07) is 7.62. The Hall–Kier alpha value is -2.67. The molecule has 7 nitrogen and oxygen atoms in total. The summed E-state index contributed by atoms with van der Waals surface area (Å²) >= 11 is 0. The number of nitrogens with zero attached hydrogens (tertiary/aromatic N) is 2. The van der Waals surface area contributed by atoms with Crippen LogP contribution in [0, 0.1) is 6.92 Å². The number of nitrogens with one attached hydrogen (secondary N) is 2. The molecule has 0 unspecified atom stereocenters. The van der Waals surface area contributed by atoms with E-state index in [1.54, 1.807) is 7.11 Å². The number of amides is 2. The summed E-state index contributed by atoms with van der Waals surface area (Å²) in [5.74, 6) is -0.204.